The van der Waals surface area contributed by atoms with E-state index >= 15 is 0 Å². The van der Waals surface area contributed by atoms with Crippen LogP contribution >= 0.6 is 0 Å². The number of rotatable bonds is 3. The average molecular weight is 146 g/mol. The smallest absolute Gasteiger partial charge is 0.305 e. The van der Waals surface area contributed by atoms with Crippen LogP contribution in [0.15, 0.2) is 0 Å². The predicted molar refractivity (Wildman–Crippen MR) is 34.3 cm³/mol. The lowest BCUT2D eigenvalue weighted by Gasteiger charge is -2.04. The summed E-state index contributed by atoms with van der Waals surface area (Å²) in [4.78, 5) is 20.5. The predicted octanol–water partition coefficient (Wildman–Crippen LogP) is -1.47. The number of hydrogen-bond donors (Lipinski definition) is 3. The zero-order valence-corrected chi connectivity index (χ0v) is 5.63. The van der Waals surface area contributed by atoms with E-state index in [2.05, 4.69) is 5.32 Å². The van der Waals surface area contributed by atoms with E-state index in [1.807, 2.05) is 0 Å². The highest BCUT2D eigenvalue weighted by molar-refractivity contribution is 5.85. The Morgan fingerprint density at radius 2 is 2.20 bits per heavy atom. The molecule has 1 atom stereocenters. The highest BCUT2D eigenvalue weighted by Gasteiger charge is 2.14. The van der Waals surface area contributed by atoms with Gasteiger partial charge < -0.3 is 16.2 Å². The summed E-state index contributed by atoms with van der Waals surface area (Å²) in [6, 6.07) is -0.942. The van der Waals surface area contributed by atoms with E-state index in [-0.39, 0.29) is 6.42 Å². The number of carbonyl (C=O) groups excluding carboxylic acids is 1. The van der Waals surface area contributed by atoms with E-state index in [1.54, 1.807) is 0 Å². The molecule has 0 aromatic heterocycles. The number of hydrogen-bond acceptors (Lipinski definition) is 3. The molecule has 0 aliphatic rings. The third-order valence-corrected chi connectivity index (χ3v) is 0.978. The Balaban J connectivity index is 3.72. The second-order valence-corrected chi connectivity index (χ2v) is 1.82. The molecule has 0 rings (SSSR count). The maximum absolute atomic E-state index is 10.5. The van der Waals surface area contributed by atoms with Crippen molar-refractivity contribution < 1.29 is 14.7 Å². The van der Waals surface area contributed by atoms with E-state index in [9.17, 15) is 9.59 Å². The Bertz CT molecular complexity index is 146. The fraction of sp³-hybridized carbons (Fsp3) is 0.600. The van der Waals surface area contributed by atoms with Crippen molar-refractivity contribution in [2.75, 3.05) is 7.05 Å². The maximum Gasteiger partial charge on any atom is 0.305 e. The Morgan fingerprint density at radius 1 is 1.70 bits per heavy atom. The number of nitrogens with two attached hydrogens (primary N) is 1. The summed E-state index contributed by atoms with van der Waals surface area (Å²) in [6.07, 6.45) is -0.334. The number of carbonyl (C=O) groups is 2. The van der Waals surface area contributed by atoms with Crippen molar-refractivity contribution in [1.82, 2.24) is 5.32 Å². The standard InChI is InChI=1S/C5H10N2O3/c1-7-5(10)3(6)2-4(8)9/h3H,2,6H2,1H3,(H,7,10)(H,8,9)/t3-/m0/s1. The average Bonchev–Trinajstić information content (AvgIpc) is 1.85. The summed E-state index contributed by atoms with van der Waals surface area (Å²) in [5.74, 6) is -1.53. The minimum atomic E-state index is -1.07. The van der Waals surface area contributed by atoms with Gasteiger partial charge in [-0.25, -0.2) is 0 Å². The van der Waals surface area contributed by atoms with Gasteiger partial charge in [-0.3, -0.25) is 9.59 Å². The van der Waals surface area contributed by atoms with Crippen LogP contribution in [-0.4, -0.2) is 30.1 Å². The first-order chi connectivity index (χ1) is 4.57. The summed E-state index contributed by atoms with van der Waals surface area (Å²) < 4.78 is 0. The molecule has 0 unspecified atom stereocenters. The SMILES string of the molecule is CNC(=O)[C@@H](N)CC(=O)O. The van der Waals surface area contributed by atoms with Crippen molar-refractivity contribution in [2.45, 2.75) is 12.5 Å². The molecule has 0 aromatic rings. The molecule has 1 amide bonds. The molecular formula is C5H10N2O3. The molecule has 58 valence electrons. The zero-order valence-electron chi connectivity index (χ0n) is 5.63. The molecule has 0 fully saturated rings. The molecule has 4 N–H and O–H groups in total. The largest absolute Gasteiger partial charge is 0.481 e. The zero-order chi connectivity index (χ0) is 8.15. The lowest BCUT2D eigenvalue weighted by Crippen LogP contribution is -2.40. The van der Waals surface area contributed by atoms with Crippen molar-refractivity contribution in [3.63, 3.8) is 0 Å². The highest BCUT2D eigenvalue weighted by atomic mass is 16.4. The van der Waals surface area contributed by atoms with Crippen molar-refractivity contribution in [3.05, 3.63) is 0 Å². The van der Waals surface area contributed by atoms with Gasteiger partial charge >= 0.3 is 5.97 Å². The lowest BCUT2D eigenvalue weighted by molar-refractivity contribution is -0.139. The lowest BCUT2D eigenvalue weighted by atomic mass is 10.2. The van der Waals surface area contributed by atoms with Crippen LogP contribution in [0.4, 0.5) is 0 Å². The third-order valence-electron chi connectivity index (χ3n) is 0.978. The van der Waals surface area contributed by atoms with Gasteiger partial charge in [0.1, 0.15) is 0 Å². The molecule has 0 saturated heterocycles. The van der Waals surface area contributed by atoms with Crippen LogP contribution in [-0.2, 0) is 9.59 Å². The maximum atomic E-state index is 10.5. The Kier molecular flexibility index (Phi) is 3.42. The normalized spacial score (nSPS) is 12.2. The van der Waals surface area contributed by atoms with Gasteiger partial charge in [0.05, 0.1) is 12.5 Å². The van der Waals surface area contributed by atoms with Crippen molar-refractivity contribution >= 4 is 11.9 Å². The molecule has 0 aromatic carbocycles. The van der Waals surface area contributed by atoms with Crippen molar-refractivity contribution in [1.29, 1.82) is 0 Å². The summed E-state index contributed by atoms with van der Waals surface area (Å²) in [6.45, 7) is 0. The van der Waals surface area contributed by atoms with E-state index in [0.717, 1.165) is 0 Å². The Morgan fingerprint density at radius 3 is 2.50 bits per heavy atom. The van der Waals surface area contributed by atoms with Gasteiger partial charge in [0.2, 0.25) is 5.91 Å². The van der Waals surface area contributed by atoms with E-state index < -0.39 is 17.9 Å². The topological polar surface area (TPSA) is 92.4 Å². The second kappa shape index (κ2) is 3.84. The quantitative estimate of drug-likeness (QED) is 0.453. The van der Waals surface area contributed by atoms with Crippen LogP contribution in [0.5, 0.6) is 0 Å². The number of carboxylic acid groups (broad SMARTS) is 1. The second-order valence-electron chi connectivity index (χ2n) is 1.82. The fourth-order valence-electron chi connectivity index (χ4n) is 0.466. The number of carboxylic acids is 1. The van der Waals surface area contributed by atoms with Crippen molar-refractivity contribution in [3.8, 4) is 0 Å². The summed E-state index contributed by atoms with van der Waals surface area (Å²) in [5, 5.41) is 10.4. The van der Waals surface area contributed by atoms with E-state index in [1.165, 1.54) is 7.05 Å². The van der Waals surface area contributed by atoms with Gasteiger partial charge in [-0.1, -0.05) is 0 Å². The molecular weight excluding hydrogens is 136 g/mol. The Hall–Kier alpha value is -1.10. The number of likely N-dealkylation sites (N-methyl/N-ethyl adjacent to an activating group) is 1. The summed E-state index contributed by atoms with van der Waals surface area (Å²) in [5.41, 5.74) is 5.14. The number of nitrogens with one attached hydrogen (secondary N) is 1. The molecule has 0 aliphatic heterocycles. The van der Waals surface area contributed by atoms with Gasteiger partial charge in [0, 0.05) is 7.05 Å². The van der Waals surface area contributed by atoms with E-state index in [0.29, 0.717) is 0 Å². The third kappa shape index (κ3) is 3.03. The van der Waals surface area contributed by atoms with Gasteiger partial charge in [-0.05, 0) is 0 Å². The van der Waals surface area contributed by atoms with Crippen LogP contribution in [0.25, 0.3) is 0 Å². The minimum Gasteiger partial charge on any atom is -0.481 e. The van der Waals surface area contributed by atoms with Gasteiger partial charge in [-0.15, -0.1) is 0 Å². The molecule has 5 nitrogen and oxygen atoms in total. The van der Waals surface area contributed by atoms with Crippen molar-refractivity contribution in [2.24, 2.45) is 5.73 Å². The van der Waals surface area contributed by atoms with Crippen LogP contribution in [0.3, 0.4) is 0 Å². The molecule has 0 spiro atoms. The summed E-state index contributed by atoms with van der Waals surface area (Å²) >= 11 is 0. The molecule has 10 heavy (non-hydrogen) atoms. The summed E-state index contributed by atoms with van der Waals surface area (Å²) in [7, 11) is 1.41. The van der Waals surface area contributed by atoms with Gasteiger partial charge in [0.15, 0.2) is 0 Å². The molecule has 0 heterocycles. The van der Waals surface area contributed by atoms with Gasteiger partial charge in [-0.2, -0.15) is 0 Å². The monoisotopic (exact) mass is 146 g/mol. The molecule has 0 saturated carbocycles. The molecule has 0 aliphatic carbocycles. The Labute approximate surface area is 58.2 Å². The first-order valence-electron chi connectivity index (χ1n) is 2.77. The fourth-order valence-corrected chi connectivity index (χ4v) is 0.466. The van der Waals surface area contributed by atoms with E-state index in [4.69, 9.17) is 10.8 Å². The number of aliphatic carboxylic acids is 1. The first kappa shape index (κ1) is 8.90. The van der Waals surface area contributed by atoms with Crippen LogP contribution in [0, 0.1) is 0 Å². The molecule has 0 bridgehead atoms. The van der Waals surface area contributed by atoms with Crippen LogP contribution < -0.4 is 11.1 Å². The highest BCUT2D eigenvalue weighted by Crippen LogP contribution is 1.86. The number of amides is 1. The van der Waals surface area contributed by atoms with Crippen LogP contribution in [0.1, 0.15) is 6.42 Å². The van der Waals surface area contributed by atoms with Crippen LogP contribution in [0.2, 0.25) is 0 Å². The van der Waals surface area contributed by atoms with Gasteiger partial charge in [0.25, 0.3) is 0 Å². The molecule has 0 radical (unpaired) electrons. The minimum absolute atomic E-state index is 0.334. The molecule has 5 heteroatoms. The first-order valence-corrected chi connectivity index (χ1v) is 2.77.